The fourth-order valence-corrected chi connectivity index (χ4v) is 1.93. The molecule has 1 aromatic carbocycles. The highest BCUT2D eigenvalue weighted by atomic mass is 79.9. The van der Waals surface area contributed by atoms with E-state index >= 15 is 0 Å². The molecule has 1 aromatic heterocycles. The molecule has 0 fully saturated rings. The summed E-state index contributed by atoms with van der Waals surface area (Å²) in [4.78, 5) is 11.8. The number of hydrogen-bond acceptors (Lipinski definition) is 1. The molecule has 0 aliphatic carbocycles. The molecule has 0 saturated carbocycles. The van der Waals surface area contributed by atoms with E-state index in [4.69, 9.17) is 11.6 Å². The van der Waals surface area contributed by atoms with E-state index in [9.17, 15) is 4.79 Å². The van der Waals surface area contributed by atoms with Crippen LogP contribution in [0.15, 0.2) is 48.8 Å². The fourth-order valence-electron chi connectivity index (χ4n) is 1.80. The molecule has 1 heterocycles. The van der Waals surface area contributed by atoms with Gasteiger partial charge in [-0.05, 0) is 30.2 Å². The Morgan fingerprint density at radius 3 is 2.38 bits per heavy atom. The Kier molecular flexibility index (Phi) is 7.40. The van der Waals surface area contributed by atoms with Gasteiger partial charge in [0.05, 0.1) is 6.42 Å². The topological polar surface area (TPSA) is 33.0 Å². The Hall–Kier alpha value is -1.39. The average Bonchev–Trinajstić information content (AvgIpc) is 2.46. The second-order valence-corrected chi connectivity index (χ2v) is 5.20. The minimum absolute atomic E-state index is 0. The molecule has 21 heavy (non-hydrogen) atoms. The summed E-state index contributed by atoms with van der Waals surface area (Å²) in [5.41, 5.74) is 2.26. The summed E-state index contributed by atoms with van der Waals surface area (Å²) >= 11 is 5.81. The maximum Gasteiger partial charge on any atom is 0.226 e. The predicted octanol–water partition coefficient (Wildman–Crippen LogP) is -0.354. The van der Waals surface area contributed by atoms with Gasteiger partial charge in [-0.2, -0.15) is 0 Å². The first kappa shape index (κ1) is 17.7. The van der Waals surface area contributed by atoms with E-state index < -0.39 is 0 Å². The van der Waals surface area contributed by atoms with E-state index in [-0.39, 0.29) is 22.9 Å². The molecular formula is C16H18BrClN2O. The first-order chi connectivity index (χ1) is 9.63. The smallest absolute Gasteiger partial charge is 0.226 e. The number of pyridine rings is 1. The lowest BCUT2D eigenvalue weighted by Gasteiger charge is -2.04. The number of nitrogens with one attached hydrogen (secondary N) is 1. The molecule has 0 bridgehead atoms. The van der Waals surface area contributed by atoms with Crippen LogP contribution in [0.4, 0.5) is 0 Å². The molecule has 0 atom stereocenters. The summed E-state index contributed by atoms with van der Waals surface area (Å²) in [5, 5.41) is 3.61. The molecule has 3 nitrogen and oxygen atoms in total. The predicted molar refractivity (Wildman–Crippen MR) is 79.3 cm³/mol. The normalized spacial score (nSPS) is 9.81. The summed E-state index contributed by atoms with van der Waals surface area (Å²) in [7, 11) is 0. The standard InChI is InChI=1S/C16H17ClN2O.BrH/c1-13-6-9-19(10-7-13)11-8-16(20)18-12-14-2-4-15(17)5-3-14;/h2-7,9-10H,8,11-12H2,1H3;1H. The lowest BCUT2D eigenvalue weighted by molar-refractivity contribution is -0.695. The third-order valence-electron chi connectivity index (χ3n) is 3.06. The van der Waals surface area contributed by atoms with Crippen molar-refractivity contribution in [2.45, 2.75) is 26.4 Å². The lowest BCUT2D eigenvalue weighted by atomic mass is 10.2. The van der Waals surface area contributed by atoms with Crippen LogP contribution in [0.1, 0.15) is 17.5 Å². The molecule has 1 N–H and O–H groups in total. The van der Waals surface area contributed by atoms with Crippen molar-refractivity contribution in [2.75, 3.05) is 0 Å². The van der Waals surface area contributed by atoms with Gasteiger partial charge in [0.1, 0.15) is 0 Å². The number of aromatic nitrogens is 1. The van der Waals surface area contributed by atoms with Gasteiger partial charge in [0.15, 0.2) is 18.9 Å². The number of amides is 1. The summed E-state index contributed by atoms with van der Waals surface area (Å²) in [6, 6.07) is 11.5. The number of carbonyl (C=O) groups excluding carboxylic acids is 1. The quantitative estimate of drug-likeness (QED) is 0.718. The first-order valence-electron chi connectivity index (χ1n) is 6.60. The van der Waals surface area contributed by atoms with Crippen molar-refractivity contribution in [1.29, 1.82) is 0 Å². The van der Waals surface area contributed by atoms with Gasteiger partial charge in [0.25, 0.3) is 0 Å². The highest BCUT2D eigenvalue weighted by Gasteiger charge is 2.06. The maximum absolute atomic E-state index is 11.8. The second kappa shape index (κ2) is 8.80. The van der Waals surface area contributed by atoms with Gasteiger partial charge in [0, 0.05) is 23.7 Å². The van der Waals surface area contributed by atoms with Crippen molar-refractivity contribution >= 4 is 17.5 Å². The molecular weight excluding hydrogens is 352 g/mol. The first-order valence-corrected chi connectivity index (χ1v) is 6.98. The monoisotopic (exact) mass is 368 g/mol. The Bertz CT molecular complexity index is 518. The van der Waals surface area contributed by atoms with Crippen LogP contribution in [0.25, 0.3) is 0 Å². The van der Waals surface area contributed by atoms with E-state index in [0.29, 0.717) is 24.5 Å². The Balaban J connectivity index is 0.00000220. The van der Waals surface area contributed by atoms with Crippen molar-refractivity contribution in [2.24, 2.45) is 0 Å². The highest BCUT2D eigenvalue weighted by molar-refractivity contribution is 6.30. The van der Waals surface area contributed by atoms with E-state index in [2.05, 4.69) is 5.32 Å². The molecule has 5 heteroatoms. The van der Waals surface area contributed by atoms with Gasteiger partial charge in [-0.15, -0.1) is 0 Å². The molecule has 1 amide bonds. The SMILES string of the molecule is Cc1cc[n+](CCC(=O)NCc2ccc(Cl)cc2)cc1.[Br-]. The van der Waals surface area contributed by atoms with E-state index in [1.807, 2.05) is 60.3 Å². The zero-order chi connectivity index (χ0) is 14.4. The molecule has 0 aliphatic rings. The third kappa shape index (κ3) is 6.27. The van der Waals surface area contributed by atoms with Gasteiger partial charge >= 0.3 is 0 Å². The average molecular weight is 370 g/mol. The minimum Gasteiger partial charge on any atom is -1.00 e. The number of halogens is 2. The van der Waals surface area contributed by atoms with Crippen molar-refractivity contribution in [3.8, 4) is 0 Å². The largest absolute Gasteiger partial charge is 1.00 e. The number of hydrogen-bond donors (Lipinski definition) is 1. The van der Waals surface area contributed by atoms with E-state index in [0.717, 1.165) is 5.56 Å². The minimum atomic E-state index is 0. The van der Waals surface area contributed by atoms with Crippen LogP contribution in [0.2, 0.25) is 5.02 Å². The number of benzene rings is 1. The molecule has 2 aromatic rings. The van der Waals surface area contributed by atoms with Crippen LogP contribution in [-0.2, 0) is 17.9 Å². The molecule has 2 rings (SSSR count). The second-order valence-electron chi connectivity index (χ2n) is 4.77. The van der Waals surface area contributed by atoms with Gasteiger partial charge in [0.2, 0.25) is 5.91 Å². The summed E-state index contributed by atoms with van der Waals surface area (Å²) in [5.74, 6) is 0.0491. The van der Waals surface area contributed by atoms with Crippen molar-refractivity contribution in [3.63, 3.8) is 0 Å². The number of rotatable bonds is 5. The summed E-state index contributed by atoms with van der Waals surface area (Å²) in [6.07, 6.45) is 4.45. The van der Waals surface area contributed by atoms with Gasteiger partial charge in [-0.1, -0.05) is 23.7 Å². The van der Waals surface area contributed by atoms with Crippen LogP contribution in [0, 0.1) is 6.92 Å². The van der Waals surface area contributed by atoms with Gasteiger partial charge in [-0.25, -0.2) is 4.57 Å². The van der Waals surface area contributed by atoms with Crippen LogP contribution >= 0.6 is 11.6 Å². The van der Waals surface area contributed by atoms with Crippen molar-refractivity contribution < 1.29 is 26.3 Å². The zero-order valence-electron chi connectivity index (χ0n) is 11.9. The third-order valence-corrected chi connectivity index (χ3v) is 3.31. The Labute approximate surface area is 140 Å². The number of nitrogens with zero attached hydrogens (tertiary/aromatic N) is 1. The zero-order valence-corrected chi connectivity index (χ0v) is 14.2. The molecule has 112 valence electrons. The van der Waals surface area contributed by atoms with Crippen LogP contribution in [-0.4, -0.2) is 5.91 Å². The van der Waals surface area contributed by atoms with Crippen molar-refractivity contribution in [3.05, 3.63) is 64.9 Å². The molecule has 0 radical (unpaired) electrons. The maximum atomic E-state index is 11.8. The summed E-state index contributed by atoms with van der Waals surface area (Å²) in [6.45, 7) is 3.27. The summed E-state index contributed by atoms with van der Waals surface area (Å²) < 4.78 is 2.01. The van der Waals surface area contributed by atoms with Crippen LogP contribution in [0.5, 0.6) is 0 Å². The number of carbonyl (C=O) groups is 1. The van der Waals surface area contributed by atoms with E-state index in [1.165, 1.54) is 5.56 Å². The Morgan fingerprint density at radius 1 is 1.14 bits per heavy atom. The van der Waals surface area contributed by atoms with Crippen LogP contribution in [0.3, 0.4) is 0 Å². The fraction of sp³-hybridized carbons (Fsp3) is 0.250. The van der Waals surface area contributed by atoms with Gasteiger partial charge < -0.3 is 22.3 Å². The molecule has 0 unspecified atom stereocenters. The van der Waals surface area contributed by atoms with E-state index in [1.54, 1.807) is 0 Å². The molecule has 0 aliphatic heterocycles. The van der Waals surface area contributed by atoms with Crippen LogP contribution < -0.4 is 26.9 Å². The highest BCUT2D eigenvalue weighted by Crippen LogP contribution is 2.09. The van der Waals surface area contributed by atoms with Gasteiger partial charge in [-0.3, -0.25) is 4.79 Å². The Morgan fingerprint density at radius 2 is 1.76 bits per heavy atom. The lowest BCUT2D eigenvalue weighted by Crippen LogP contribution is -3.00. The molecule has 0 spiro atoms. The molecule has 0 saturated heterocycles. The number of aryl methyl sites for hydroxylation is 2. The van der Waals surface area contributed by atoms with Crippen molar-refractivity contribution in [1.82, 2.24) is 5.32 Å².